The number of thiophene rings is 1. The van der Waals surface area contributed by atoms with Gasteiger partial charge in [-0.25, -0.2) is 9.97 Å². The quantitative estimate of drug-likeness (QED) is 0.418. The SMILES string of the molecule is CC(C)(C)NC(=O)c1sc2nc(-c3ccccc3)nc(-c3cccc(N)c3)c2c1N. The molecule has 7 heteroatoms. The van der Waals surface area contributed by atoms with Crippen LogP contribution in [0.1, 0.15) is 30.4 Å². The van der Waals surface area contributed by atoms with Gasteiger partial charge in [0.15, 0.2) is 5.82 Å². The van der Waals surface area contributed by atoms with Gasteiger partial charge >= 0.3 is 0 Å². The normalized spacial score (nSPS) is 11.6. The molecule has 2 aromatic heterocycles. The van der Waals surface area contributed by atoms with Gasteiger partial charge in [-0.1, -0.05) is 42.5 Å². The molecule has 2 heterocycles. The molecule has 0 aliphatic rings. The van der Waals surface area contributed by atoms with Gasteiger partial charge in [-0.2, -0.15) is 0 Å². The lowest BCUT2D eigenvalue weighted by atomic mass is 10.1. The molecule has 4 rings (SSSR count). The van der Waals surface area contributed by atoms with Gasteiger partial charge in [0, 0.05) is 22.4 Å². The standard InChI is InChI=1S/C23H23N5OS/c1-23(2,3)28-21(29)19-17(25)16-18(14-10-7-11-15(24)12-14)26-20(27-22(16)30-19)13-8-5-4-6-9-13/h4-12H,24-25H2,1-3H3,(H,28,29). The molecule has 0 aliphatic heterocycles. The fraction of sp³-hybridized carbons (Fsp3) is 0.174. The van der Waals surface area contributed by atoms with E-state index in [0.717, 1.165) is 11.1 Å². The van der Waals surface area contributed by atoms with Gasteiger partial charge in [0.05, 0.1) is 16.8 Å². The third-order valence-corrected chi connectivity index (χ3v) is 5.57. The number of anilines is 2. The summed E-state index contributed by atoms with van der Waals surface area (Å²) in [6.45, 7) is 5.79. The summed E-state index contributed by atoms with van der Waals surface area (Å²) in [5, 5.41) is 3.65. The van der Waals surface area contributed by atoms with Crippen molar-refractivity contribution in [2.75, 3.05) is 11.5 Å². The molecular weight excluding hydrogens is 394 g/mol. The topological polar surface area (TPSA) is 107 Å². The smallest absolute Gasteiger partial charge is 0.263 e. The summed E-state index contributed by atoms with van der Waals surface area (Å²) in [6.07, 6.45) is 0. The molecule has 0 bridgehead atoms. The minimum Gasteiger partial charge on any atom is -0.399 e. The first-order valence-electron chi connectivity index (χ1n) is 9.57. The van der Waals surface area contributed by atoms with Crippen LogP contribution in [-0.2, 0) is 0 Å². The Bertz CT molecular complexity index is 1240. The molecule has 0 atom stereocenters. The number of aromatic nitrogens is 2. The number of rotatable bonds is 3. The molecular formula is C23H23N5OS. The average Bonchev–Trinajstić information content (AvgIpc) is 3.03. The summed E-state index contributed by atoms with van der Waals surface area (Å²) in [7, 11) is 0. The van der Waals surface area contributed by atoms with E-state index in [2.05, 4.69) is 5.32 Å². The van der Waals surface area contributed by atoms with Gasteiger partial charge < -0.3 is 16.8 Å². The first-order valence-corrected chi connectivity index (χ1v) is 10.4. The lowest BCUT2D eigenvalue weighted by Crippen LogP contribution is -2.40. The summed E-state index contributed by atoms with van der Waals surface area (Å²) >= 11 is 1.28. The maximum atomic E-state index is 12.9. The Morgan fingerprint density at radius 1 is 0.967 bits per heavy atom. The molecule has 4 aromatic rings. The zero-order chi connectivity index (χ0) is 21.5. The van der Waals surface area contributed by atoms with Crippen molar-refractivity contribution in [3.63, 3.8) is 0 Å². The number of nitrogen functional groups attached to an aromatic ring is 2. The van der Waals surface area contributed by atoms with Crippen molar-refractivity contribution >= 4 is 38.8 Å². The molecule has 0 spiro atoms. The fourth-order valence-corrected chi connectivity index (χ4v) is 4.19. The Balaban J connectivity index is 1.98. The van der Waals surface area contributed by atoms with Crippen molar-refractivity contribution in [3.05, 3.63) is 59.5 Å². The van der Waals surface area contributed by atoms with E-state index < -0.39 is 0 Å². The van der Waals surface area contributed by atoms with Crippen LogP contribution in [0.4, 0.5) is 11.4 Å². The zero-order valence-electron chi connectivity index (χ0n) is 17.1. The number of benzene rings is 2. The zero-order valence-corrected chi connectivity index (χ0v) is 17.9. The van der Waals surface area contributed by atoms with Gasteiger partial charge in [-0.3, -0.25) is 4.79 Å². The average molecular weight is 418 g/mol. The number of carbonyl (C=O) groups is 1. The second-order valence-corrected chi connectivity index (χ2v) is 9.12. The number of fused-ring (bicyclic) bond motifs is 1. The number of hydrogen-bond donors (Lipinski definition) is 3. The molecule has 0 saturated carbocycles. The predicted molar refractivity (Wildman–Crippen MR) is 124 cm³/mol. The van der Waals surface area contributed by atoms with Crippen LogP contribution in [0.2, 0.25) is 0 Å². The van der Waals surface area contributed by atoms with E-state index in [-0.39, 0.29) is 11.4 Å². The van der Waals surface area contributed by atoms with Crippen LogP contribution < -0.4 is 16.8 Å². The molecule has 2 aromatic carbocycles. The van der Waals surface area contributed by atoms with Crippen LogP contribution in [-0.4, -0.2) is 21.4 Å². The van der Waals surface area contributed by atoms with Crippen LogP contribution in [0.25, 0.3) is 32.9 Å². The summed E-state index contributed by atoms with van der Waals surface area (Å²) in [5.41, 5.74) is 15.5. The Kier molecular flexibility index (Phi) is 4.91. The highest BCUT2D eigenvalue weighted by Gasteiger charge is 2.24. The first kappa shape index (κ1) is 19.8. The maximum absolute atomic E-state index is 12.9. The molecule has 0 unspecified atom stereocenters. The lowest BCUT2D eigenvalue weighted by molar-refractivity contribution is 0.0924. The fourth-order valence-electron chi connectivity index (χ4n) is 3.20. The summed E-state index contributed by atoms with van der Waals surface area (Å²) in [5.74, 6) is 0.354. The van der Waals surface area contributed by atoms with E-state index in [1.807, 2.05) is 75.4 Å². The van der Waals surface area contributed by atoms with Crippen molar-refractivity contribution < 1.29 is 4.79 Å². The maximum Gasteiger partial charge on any atom is 0.263 e. The Morgan fingerprint density at radius 3 is 2.33 bits per heavy atom. The molecule has 6 nitrogen and oxygen atoms in total. The molecule has 30 heavy (non-hydrogen) atoms. The van der Waals surface area contributed by atoms with Crippen LogP contribution >= 0.6 is 11.3 Å². The number of amides is 1. The number of nitrogens with one attached hydrogen (secondary N) is 1. The predicted octanol–water partition coefficient (Wildman–Crippen LogP) is 4.72. The molecule has 0 saturated heterocycles. The van der Waals surface area contributed by atoms with Crippen LogP contribution in [0.5, 0.6) is 0 Å². The Morgan fingerprint density at radius 2 is 1.67 bits per heavy atom. The summed E-state index contributed by atoms with van der Waals surface area (Å²) < 4.78 is 0. The molecule has 1 amide bonds. The minimum atomic E-state index is -0.378. The van der Waals surface area contributed by atoms with E-state index in [1.165, 1.54) is 11.3 Å². The van der Waals surface area contributed by atoms with Gasteiger partial charge in [0.2, 0.25) is 0 Å². The molecule has 5 N–H and O–H groups in total. The van der Waals surface area contributed by atoms with Gasteiger partial charge in [-0.15, -0.1) is 11.3 Å². The molecule has 0 radical (unpaired) electrons. The van der Waals surface area contributed by atoms with Crippen molar-refractivity contribution in [2.24, 2.45) is 0 Å². The third-order valence-electron chi connectivity index (χ3n) is 4.48. The highest BCUT2D eigenvalue weighted by Crippen LogP contribution is 2.40. The monoisotopic (exact) mass is 417 g/mol. The first-order chi connectivity index (χ1) is 14.2. The second kappa shape index (κ2) is 7.42. The van der Waals surface area contributed by atoms with Gasteiger partial charge in [0.25, 0.3) is 5.91 Å². The lowest BCUT2D eigenvalue weighted by Gasteiger charge is -2.20. The van der Waals surface area contributed by atoms with Crippen molar-refractivity contribution in [3.8, 4) is 22.6 Å². The van der Waals surface area contributed by atoms with E-state index in [9.17, 15) is 4.79 Å². The van der Waals surface area contributed by atoms with Crippen LogP contribution in [0, 0.1) is 0 Å². The van der Waals surface area contributed by atoms with Crippen molar-refractivity contribution in [1.29, 1.82) is 0 Å². The van der Waals surface area contributed by atoms with Crippen LogP contribution in [0.3, 0.4) is 0 Å². The summed E-state index contributed by atoms with van der Waals surface area (Å²) in [6, 6.07) is 17.2. The minimum absolute atomic E-state index is 0.220. The number of hydrogen-bond acceptors (Lipinski definition) is 6. The highest BCUT2D eigenvalue weighted by atomic mass is 32.1. The number of carbonyl (C=O) groups excluding carboxylic acids is 1. The largest absolute Gasteiger partial charge is 0.399 e. The van der Waals surface area contributed by atoms with Crippen molar-refractivity contribution in [2.45, 2.75) is 26.3 Å². The molecule has 152 valence electrons. The van der Waals surface area contributed by atoms with E-state index in [4.69, 9.17) is 21.4 Å². The Hall–Kier alpha value is -3.45. The van der Waals surface area contributed by atoms with Crippen molar-refractivity contribution in [1.82, 2.24) is 15.3 Å². The van der Waals surface area contributed by atoms with Gasteiger partial charge in [0.1, 0.15) is 9.71 Å². The number of nitrogens with zero attached hydrogens (tertiary/aromatic N) is 2. The molecule has 0 aliphatic carbocycles. The molecule has 0 fully saturated rings. The second-order valence-electron chi connectivity index (χ2n) is 8.12. The Labute approximate surface area is 179 Å². The van der Waals surface area contributed by atoms with E-state index >= 15 is 0 Å². The van der Waals surface area contributed by atoms with Gasteiger partial charge in [-0.05, 0) is 32.9 Å². The van der Waals surface area contributed by atoms with Crippen LogP contribution in [0.15, 0.2) is 54.6 Å². The number of nitrogens with two attached hydrogens (primary N) is 2. The van der Waals surface area contributed by atoms with E-state index in [1.54, 1.807) is 0 Å². The summed E-state index contributed by atoms with van der Waals surface area (Å²) in [4.78, 5) is 23.5. The third kappa shape index (κ3) is 3.84. The highest BCUT2D eigenvalue weighted by molar-refractivity contribution is 7.21. The van der Waals surface area contributed by atoms with E-state index in [0.29, 0.717) is 38.0 Å².